The van der Waals surface area contributed by atoms with Gasteiger partial charge in [0.1, 0.15) is 11.2 Å². The van der Waals surface area contributed by atoms with Crippen LogP contribution in [-0.4, -0.2) is 15.0 Å². The Kier molecular flexibility index (Phi) is 6.01. The number of thiophene rings is 1. The molecule has 224 valence electrons. The summed E-state index contributed by atoms with van der Waals surface area (Å²) in [5, 5.41) is 6.85. The Balaban J connectivity index is 1.22. The minimum Gasteiger partial charge on any atom is -0.455 e. The maximum absolute atomic E-state index is 6.45. The van der Waals surface area contributed by atoms with E-state index in [0.29, 0.717) is 17.5 Å². The quantitative estimate of drug-likeness (QED) is 0.194. The molecule has 0 amide bonds. The topological polar surface area (TPSA) is 51.8 Å². The van der Waals surface area contributed by atoms with Crippen molar-refractivity contribution in [2.24, 2.45) is 0 Å². The van der Waals surface area contributed by atoms with Gasteiger partial charge in [0.2, 0.25) is 0 Å². The molecule has 0 saturated carbocycles. The third-order valence-corrected chi connectivity index (χ3v) is 10.4. The maximum atomic E-state index is 6.45. The van der Waals surface area contributed by atoms with Gasteiger partial charge in [-0.25, -0.2) is 15.0 Å². The number of aromatic nitrogens is 3. The van der Waals surface area contributed by atoms with Crippen molar-refractivity contribution in [3.8, 4) is 45.3 Å². The zero-order chi connectivity index (χ0) is 31.6. The number of para-hydroxylation sites is 2. The summed E-state index contributed by atoms with van der Waals surface area (Å²) in [6, 6.07) is 52.8. The van der Waals surface area contributed by atoms with Gasteiger partial charge >= 0.3 is 0 Å². The molecule has 10 rings (SSSR count). The van der Waals surface area contributed by atoms with E-state index in [1.807, 2.05) is 30.3 Å². The van der Waals surface area contributed by atoms with Crippen LogP contribution in [0.4, 0.5) is 0 Å². The van der Waals surface area contributed by atoms with Crippen LogP contribution >= 0.6 is 11.3 Å². The molecule has 0 N–H and O–H groups in total. The van der Waals surface area contributed by atoms with Crippen molar-refractivity contribution in [2.45, 2.75) is 0 Å². The van der Waals surface area contributed by atoms with Gasteiger partial charge in [0.15, 0.2) is 17.5 Å². The smallest absolute Gasteiger partial charge is 0.167 e. The van der Waals surface area contributed by atoms with Crippen molar-refractivity contribution in [1.82, 2.24) is 15.0 Å². The van der Waals surface area contributed by atoms with Crippen LogP contribution in [0.2, 0.25) is 0 Å². The fraction of sp³-hybridized carbons (Fsp3) is 0. The first-order valence-electron chi connectivity index (χ1n) is 15.9. The lowest BCUT2D eigenvalue weighted by molar-refractivity contribution is 0.669. The molecule has 3 aromatic heterocycles. The Morgan fingerprint density at radius 3 is 1.94 bits per heavy atom. The van der Waals surface area contributed by atoms with Gasteiger partial charge in [-0.05, 0) is 58.3 Å². The third-order valence-electron chi connectivity index (χ3n) is 9.13. The normalized spacial score (nSPS) is 11.8. The molecule has 0 bridgehead atoms. The lowest BCUT2D eigenvalue weighted by Gasteiger charge is -2.10. The first-order chi connectivity index (χ1) is 23.8. The number of hydrogen-bond donors (Lipinski definition) is 0. The molecular formula is C43H25N3OS. The third kappa shape index (κ3) is 4.33. The van der Waals surface area contributed by atoms with Crippen LogP contribution in [-0.2, 0) is 0 Å². The number of hydrogen-bond acceptors (Lipinski definition) is 5. The summed E-state index contributed by atoms with van der Waals surface area (Å²) in [5.74, 6) is 1.84. The predicted octanol–water partition coefficient (Wildman–Crippen LogP) is 12.0. The minimum atomic E-state index is 0.580. The van der Waals surface area contributed by atoms with E-state index >= 15 is 0 Å². The average molecular weight is 632 g/mol. The molecule has 0 saturated heterocycles. The molecule has 10 aromatic rings. The number of nitrogens with zero attached hydrogens (tertiary/aromatic N) is 3. The van der Waals surface area contributed by atoms with E-state index in [9.17, 15) is 0 Å². The highest BCUT2D eigenvalue weighted by molar-refractivity contribution is 7.26. The molecule has 0 radical (unpaired) electrons. The molecule has 5 heteroatoms. The van der Waals surface area contributed by atoms with Gasteiger partial charge in [-0.15, -0.1) is 11.3 Å². The van der Waals surface area contributed by atoms with Gasteiger partial charge in [-0.1, -0.05) is 115 Å². The summed E-state index contributed by atoms with van der Waals surface area (Å²) in [6.07, 6.45) is 0. The van der Waals surface area contributed by atoms with Gasteiger partial charge in [0.05, 0.1) is 5.56 Å². The summed E-state index contributed by atoms with van der Waals surface area (Å²) in [4.78, 5) is 15.5. The van der Waals surface area contributed by atoms with Crippen LogP contribution in [0.15, 0.2) is 156 Å². The molecule has 0 aliphatic carbocycles. The largest absolute Gasteiger partial charge is 0.455 e. The van der Waals surface area contributed by atoms with E-state index in [4.69, 9.17) is 19.4 Å². The van der Waals surface area contributed by atoms with Crippen molar-refractivity contribution in [3.05, 3.63) is 152 Å². The van der Waals surface area contributed by atoms with Gasteiger partial charge < -0.3 is 4.42 Å². The zero-order valence-electron chi connectivity index (χ0n) is 25.6. The lowest BCUT2D eigenvalue weighted by atomic mass is 10.00. The summed E-state index contributed by atoms with van der Waals surface area (Å²) in [5.41, 5.74) is 6.72. The summed E-state index contributed by atoms with van der Waals surface area (Å²) in [6.45, 7) is 0. The summed E-state index contributed by atoms with van der Waals surface area (Å²) < 4.78 is 8.86. The zero-order valence-corrected chi connectivity index (χ0v) is 26.4. The van der Waals surface area contributed by atoms with Crippen molar-refractivity contribution in [2.75, 3.05) is 0 Å². The number of fused-ring (bicyclic) bond motifs is 7. The van der Waals surface area contributed by atoms with Gasteiger partial charge in [-0.3, -0.25) is 0 Å². The molecule has 48 heavy (non-hydrogen) atoms. The molecule has 0 unspecified atom stereocenters. The van der Waals surface area contributed by atoms with Crippen molar-refractivity contribution in [1.29, 1.82) is 0 Å². The van der Waals surface area contributed by atoms with Crippen LogP contribution in [0.25, 0.3) is 98.2 Å². The van der Waals surface area contributed by atoms with E-state index in [1.54, 1.807) is 11.3 Å². The lowest BCUT2D eigenvalue weighted by Crippen LogP contribution is -2.00. The highest BCUT2D eigenvalue weighted by Crippen LogP contribution is 2.41. The van der Waals surface area contributed by atoms with E-state index < -0.39 is 0 Å². The van der Waals surface area contributed by atoms with Gasteiger partial charge in [-0.2, -0.15) is 0 Å². The number of rotatable bonds is 4. The molecule has 0 aliphatic rings. The van der Waals surface area contributed by atoms with Crippen LogP contribution in [0.1, 0.15) is 0 Å². The van der Waals surface area contributed by atoms with Crippen LogP contribution in [0, 0.1) is 0 Å². The SMILES string of the molecule is c1ccc(-c2ccc3ccc(-c4nc(-c5cccc6c5oc5ccccc56)nc(-c5cccc6c5sc5ccccc56)n4)cc3c2)cc1. The second kappa shape index (κ2) is 10.7. The molecular weight excluding hydrogens is 607 g/mol. The standard InChI is InChI=1S/C43H25N3OS/c1-2-10-26(11-3-1)28-22-20-27-21-23-29(25-30(27)24-28)41-44-42(35-16-8-14-33-31-12-4-6-18-37(31)47-39(33)35)46-43(45-41)36-17-9-15-34-32-13-5-7-19-38(32)48-40(34)36/h1-25H. The number of benzene rings is 7. The average Bonchev–Trinajstić information content (AvgIpc) is 3.73. The van der Waals surface area contributed by atoms with Crippen molar-refractivity contribution in [3.63, 3.8) is 0 Å². The Morgan fingerprint density at radius 2 is 1.06 bits per heavy atom. The van der Waals surface area contributed by atoms with Crippen molar-refractivity contribution >= 4 is 64.2 Å². The van der Waals surface area contributed by atoms with Crippen LogP contribution in [0.3, 0.4) is 0 Å². The Labute approximate surface area is 279 Å². The molecule has 4 nitrogen and oxygen atoms in total. The van der Waals surface area contributed by atoms with E-state index in [0.717, 1.165) is 54.1 Å². The molecule has 0 fully saturated rings. The molecule has 3 heterocycles. The van der Waals surface area contributed by atoms with E-state index in [1.165, 1.54) is 26.6 Å². The summed E-state index contributed by atoms with van der Waals surface area (Å²) >= 11 is 1.77. The first-order valence-corrected chi connectivity index (χ1v) is 16.8. The predicted molar refractivity (Wildman–Crippen MR) is 199 cm³/mol. The fourth-order valence-electron chi connectivity index (χ4n) is 6.79. The highest BCUT2D eigenvalue weighted by Gasteiger charge is 2.19. The number of furan rings is 1. The fourth-order valence-corrected chi connectivity index (χ4v) is 8.00. The maximum Gasteiger partial charge on any atom is 0.167 e. The Morgan fingerprint density at radius 1 is 0.417 bits per heavy atom. The molecule has 0 spiro atoms. The first kappa shape index (κ1) is 27.0. The van der Waals surface area contributed by atoms with Gasteiger partial charge in [0.25, 0.3) is 0 Å². The molecule has 7 aromatic carbocycles. The highest BCUT2D eigenvalue weighted by atomic mass is 32.1. The Hall–Kier alpha value is -6.17. The van der Waals surface area contributed by atoms with Crippen LogP contribution in [0.5, 0.6) is 0 Å². The van der Waals surface area contributed by atoms with Crippen molar-refractivity contribution < 1.29 is 4.42 Å². The second-order valence-electron chi connectivity index (χ2n) is 12.0. The van der Waals surface area contributed by atoms with Gasteiger partial charge in [0, 0.05) is 42.1 Å². The second-order valence-corrected chi connectivity index (χ2v) is 13.1. The molecule has 0 aliphatic heterocycles. The molecule has 0 atom stereocenters. The monoisotopic (exact) mass is 631 g/mol. The minimum absolute atomic E-state index is 0.580. The Bertz CT molecular complexity index is 2720. The van der Waals surface area contributed by atoms with E-state index in [2.05, 4.69) is 121 Å². The summed E-state index contributed by atoms with van der Waals surface area (Å²) in [7, 11) is 0. The van der Waals surface area contributed by atoms with E-state index in [-0.39, 0.29) is 0 Å². The van der Waals surface area contributed by atoms with Crippen LogP contribution < -0.4 is 0 Å².